The van der Waals surface area contributed by atoms with Crippen LogP contribution < -0.4 is 4.90 Å². The first kappa shape index (κ1) is 15.5. The normalized spacial score (nSPS) is 15.0. The molecule has 4 aromatic rings. The Morgan fingerprint density at radius 3 is 2.54 bits per heavy atom. The number of halogens is 1. The molecule has 26 heavy (non-hydrogen) atoms. The van der Waals surface area contributed by atoms with Crippen LogP contribution in [0.2, 0.25) is 5.02 Å². The van der Waals surface area contributed by atoms with E-state index in [4.69, 9.17) is 21.3 Å². The van der Waals surface area contributed by atoms with E-state index in [1.165, 1.54) is 0 Å². The highest BCUT2D eigenvalue weighted by Gasteiger charge is 2.20. The van der Waals surface area contributed by atoms with E-state index in [0.717, 1.165) is 46.7 Å². The Morgan fingerprint density at radius 1 is 0.962 bits per heavy atom. The number of hydrogen-bond acceptors (Lipinski definition) is 5. The summed E-state index contributed by atoms with van der Waals surface area (Å²) in [4.78, 5) is 7.23. The van der Waals surface area contributed by atoms with Crippen molar-refractivity contribution in [1.29, 1.82) is 0 Å². The van der Waals surface area contributed by atoms with Crippen molar-refractivity contribution in [2.75, 3.05) is 31.2 Å². The Hall–Kier alpha value is -2.70. The van der Waals surface area contributed by atoms with Crippen molar-refractivity contribution in [2.24, 2.45) is 0 Å². The molecule has 6 nitrogen and oxygen atoms in total. The van der Waals surface area contributed by atoms with Crippen molar-refractivity contribution >= 4 is 34.0 Å². The van der Waals surface area contributed by atoms with Gasteiger partial charge in [-0.1, -0.05) is 41.1 Å². The van der Waals surface area contributed by atoms with E-state index >= 15 is 0 Å². The Morgan fingerprint density at radius 2 is 1.73 bits per heavy atom. The molecule has 130 valence electrons. The number of aromatic nitrogens is 4. The van der Waals surface area contributed by atoms with Crippen molar-refractivity contribution in [3.8, 4) is 11.3 Å². The summed E-state index contributed by atoms with van der Waals surface area (Å²) in [5, 5.41) is 10.5. The van der Waals surface area contributed by atoms with E-state index in [1.807, 2.05) is 47.0 Å². The molecule has 0 unspecified atom stereocenters. The lowest BCUT2D eigenvalue weighted by atomic mass is 10.1. The number of benzene rings is 2. The minimum Gasteiger partial charge on any atom is -0.378 e. The lowest BCUT2D eigenvalue weighted by molar-refractivity contribution is 0.122. The lowest BCUT2D eigenvalue weighted by Crippen LogP contribution is -2.37. The number of ether oxygens (including phenoxy) is 1. The molecule has 5 rings (SSSR count). The molecule has 0 N–H and O–H groups in total. The van der Waals surface area contributed by atoms with Gasteiger partial charge in [-0.15, -0.1) is 5.10 Å². The van der Waals surface area contributed by atoms with Crippen LogP contribution in [0, 0.1) is 0 Å². The molecule has 1 aliphatic heterocycles. The van der Waals surface area contributed by atoms with Gasteiger partial charge in [0.2, 0.25) is 0 Å². The summed E-state index contributed by atoms with van der Waals surface area (Å²) in [6, 6.07) is 15.8. The van der Waals surface area contributed by atoms with Gasteiger partial charge in [0.15, 0.2) is 5.65 Å². The van der Waals surface area contributed by atoms with Gasteiger partial charge in [0, 0.05) is 29.1 Å². The zero-order valence-electron chi connectivity index (χ0n) is 14.0. The molecule has 0 spiro atoms. The second-order valence-corrected chi connectivity index (χ2v) is 6.67. The maximum atomic E-state index is 6.02. The smallest absolute Gasteiger partial charge is 0.186 e. The Kier molecular flexibility index (Phi) is 3.72. The van der Waals surface area contributed by atoms with Gasteiger partial charge in [0.25, 0.3) is 0 Å². The molecule has 0 aliphatic carbocycles. The Balaban J connectivity index is 1.77. The minimum absolute atomic E-state index is 0.692. The first-order valence-electron chi connectivity index (χ1n) is 8.54. The van der Waals surface area contributed by atoms with Gasteiger partial charge in [-0.05, 0) is 24.3 Å². The summed E-state index contributed by atoms with van der Waals surface area (Å²) >= 11 is 6.02. The summed E-state index contributed by atoms with van der Waals surface area (Å²) in [5.41, 5.74) is 3.43. The first-order chi connectivity index (χ1) is 12.8. The molecule has 0 saturated carbocycles. The summed E-state index contributed by atoms with van der Waals surface area (Å²) < 4.78 is 7.31. The van der Waals surface area contributed by atoms with Crippen LogP contribution in [0.3, 0.4) is 0 Å². The third-order valence-corrected chi connectivity index (χ3v) is 4.91. The molecule has 0 amide bonds. The van der Waals surface area contributed by atoms with Gasteiger partial charge < -0.3 is 9.64 Å². The molecule has 3 heterocycles. The van der Waals surface area contributed by atoms with E-state index in [1.54, 1.807) is 0 Å². The molecule has 7 heteroatoms. The SMILES string of the molecule is Clc1ccc(-c2nnn3c2nc(N2CCOCC2)c2ccccc23)cc1. The second-order valence-electron chi connectivity index (χ2n) is 6.23. The van der Waals surface area contributed by atoms with Crippen LogP contribution in [0.5, 0.6) is 0 Å². The highest BCUT2D eigenvalue weighted by Crippen LogP contribution is 2.30. The molecule has 0 atom stereocenters. The number of rotatable bonds is 2. The standard InChI is InChI=1S/C19H16ClN5O/c20-14-7-5-13(6-8-14)17-19-21-18(24-9-11-26-12-10-24)15-3-1-2-4-16(15)25(19)23-22-17/h1-8H,9-12H2. The van der Waals surface area contributed by atoms with E-state index in [9.17, 15) is 0 Å². The Labute approximate surface area is 155 Å². The lowest BCUT2D eigenvalue weighted by Gasteiger charge is -2.28. The van der Waals surface area contributed by atoms with Crippen molar-refractivity contribution in [2.45, 2.75) is 0 Å². The molecular weight excluding hydrogens is 350 g/mol. The summed E-state index contributed by atoms with van der Waals surface area (Å²) in [6.45, 7) is 3.07. The third-order valence-electron chi connectivity index (χ3n) is 4.66. The number of anilines is 1. The van der Waals surface area contributed by atoms with Crippen LogP contribution in [-0.4, -0.2) is 46.1 Å². The van der Waals surface area contributed by atoms with Crippen LogP contribution in [0.15, 0.2) is 48.5 Å². The molecule has 0 bridgehead atoms. The number of hydrogen-bond donors (Lipinski definition) is 0. The fourth-order valence-corrected chi connectivity index (χ4v) is 3.48. The third kappa shape index (κ3) is 2.50. The average Bonchev–Trinajstić information content (AvgIpc) is 3.13. The molecule has 1 saturated heterocycles. The number of fused-ring (bicyclic) bond motifs is 3. The average molecular weight is 366 g/mol. The van der Waals surface area contributed by atoms with Crippen molar-refractivity contribution in [3.05, 3.63) is 53.6 Å². The van der Waals surface area contributed by atoms with E-state index in [-0.39, 0.29) is 0 Å². The van der Waals surface area contributed by atoms with Crippen LogP contribution >= 0.6 is 11.6 Å². The quantitative estimate of drug-likeness (QED) is 0.544. The van der Waals surface area contributed by atoms with Crippen LogP contribution in [0.1, 0.15) is 0 Å². The zero-order chi connectivity index (χ0) is 17.5. The number of morpholine rings is 1. The molecule has 2 aromatic carbocycles. The van der Waals surface area contributed by atoms with Crippen molar-refractivity contribution in [3.63, 3.8) is 0 Å². The maximum absolute atomic E-state index is 6.02. The van der Waals surface area contributed by atoms with Crippen molar-refractivity contribution < 1.29 is 4.74 Å². The molecular formula is C19H16ClN5O. The number of para-hydroxylation sites is 1. The fourth-order valence-electron chi connectivity index (χ4n) is 3.36. The molecule has 1 aliphatic rings. The minimum atomic E-state index is 0.692. The van der Waals surface area contributed by atoms with Crippen LogP contribution in [0.4, 0.5) is 5.82 Å². The predicted molar refractivity (Wildman–Crippen MR) is 102 cm³/mol. The van der Waals surface area contributed by atoms with Gasteiger partial charge in [-0.3, -0.25) is 0 Å². The topological polar surface area (TPSA) is 55.5 Å². The summed E-state index contributed by atoms with van der Waals surface area (Å²) in [6.07, 6.45) is 0. The largest absolute Gasteiger partial charge is 0.378 e. The monoisotopic (exact) mass is 365 g/mol. The molecule has 2 aromatic heterocycles. The highest BCUT2D eigenvalue weighted by atomic mass is 35.5. The maximum Gasteiger partial charge on any atom is 0.186 e. The van der Waals surface area contributed by atoms with Gasteiger partial charge in [-0.25, -0.2) is 4.98 Å². The summed E-state index contributed by atoms with van der Waals surface area (Å²) in [5.74, 6) is 0.953. The van der Waals surface area contributed by atoms with E-state index < -0.39 is 0 Å². The van der Waals surface area contributed by atoms with Gasteiger partial charge in [-0.2, -0.15) is 4.52 Å². The van der Waals surface area contributed by atoms with E-state index in [2.05, 4.69) is 21.3 Å². The number of nitrogens with zero attached hydrogens (tertiary/aromatic N) is 5. The van der Waals surface area contributed by atoms with Crippen LogP contribution in [-0.2, 0) is 4.74 Å². The predicted octanol–water partition coefficient (Wildman–Crippen LogP) is 3.43. The van der Waals surface area contributed by atoms with Gasteiger partial charge in [0.1, 0.15) is 11.5 Å². The molecule has 0 radical (unpaired) electrons. The van der Waals surface area contributed by atoms with Crippen molar-refractivity contribution in [1.82, 2.24) is 19.8 Å². The summed E-state index contributed by atoms with van der Waals surface area (Å²) in [7, 11) is 0. The van der Waals surface area contributed by atoms with E-state index in [0.29, 0.717) is 18.2 Å². The van der Waals surface area contributed by atoms with Crippen LogP contribution in [0.25, 0.3) is 27.8 Å². The highest BCUT2D eigenvalue weighted by molar-refractivity contribution is 6.30. The Bertz CT molecular complexity index is 1090. The second kappa shape index (κ2) is 6.23. The first-order valence-corrected chi connectivity index (χ1v) is 8.92. The van der Waals surface area contributed by atoms with Gasteiger partial charge >= 0.3 is 0 Å². The zero-order valence-corrected chi connectivity index (χ0v) is 14.7. The van der Waals surface area contributed by atoms with Gasteiger partial charge in [0.05, 0.1) is 18.7 Å². The fraction of sp³-hybridized carbons (Fsp3) is 0.211. The molecule has 1 fully saturated rings.